The number of guanidine groups is 1. The van der Waals surface area contributed by atoms with E-state index < -0.39 is 0 Å². The van der Waals surface area contributed by atoms with E-state index in [2.05, 4.69) is 56.4 Å². The molecule has 2 N–H and O–H groups in total. The fraction of sp³-hybridized carbons (Fsp3) is 0.500. The highest BCUT2D eigenvalue weighted by atomic mass is 35.5. The van der Waals surface area contributed by atoms with Gasteiger partial charge in [-0.2, -0.15) is 0 Å². The minimum atomic E-state index is 0.414. The van der Waals surface area contributed by atoms with Crippen molar-refractivity contribution in [2.75, 3.05) is 13.1 Å². The number of halogens is 1. The summed E-state index contributed by atoms with van der Waals surface area (Å²) in [7, 11) is 0. The molecule has 7 heteroatoms. The quantitative estimate of drug-likeness (QED) is 0.588. The van der Waals surface area contributed by atoms with E-state index in [1.165, 1.54) is 5.56 Å². The van der Waals surface area contributed by atoms with Crippen LogP contribution in [0.25, 0.3) is 0 Å². The number of nitrogens with zero attached hydrogens (tertiary/aromatic N) is 4. The summed E-state index contributed by atoms with van der Waals surface area (Å²) in [6.07, 6.45) is 3.76. The summed E-state index contributed by atoms with van der Waals surface area (Å²) in [5.74, 6) is 2.37. The zero-order valence-electron chi connectivity index (χ0n) is 14.7. The summed E-state index contributed by atoms with van der Waals surface area (Å²) in [6.45, 7) is 6.48. The normalized spacial score (nSPS) is 19.7. The SMILES string of the molecule is CCNC(=NCCn1cnnc1CC)NC1CC1c1cccc(Cl)c1. The predicted octanol–water partition coefficient (Wildman–Crippen LogP) is 2.61. The van der Waals surface area contributed by atoms with Gasteiger partial charge in [0, 0.05) is 36.5 Å². The van der Waals surface area contributed by atoms with Crippen LogP contribution >= 0.6 is 11.6 Å². The molecule has 1 aliphatic rings. The van der Waals surface area contributed by atoms with Crippen molar-refractivity contribution in [1.29, 1.82) is 0 Å². The molecular formula is C18H25ClN6. The first-order chi connectivity index (χ1) is 12.2. The molecule has 134 valence electrons. The molecule has 0 spiro atoms. The predicted molar refractivity (Wildman–Crippen MR) is 101 cm³/mol. The molecule has 0 saturated heterocycles. The number of hydrogen-bond donors (Lipinski definition) is 2. The van der Waals surface area contributed by atoms with Gasteiger partial charge in [-0.25, -0.2) is 0 Å². The van der Waals surface area contributed by atoms with Crippen LogP contribution in [-0.2, 0) is 13.0 Å². The van der Waals surface area contributed by atoms with Crippen LogP contribution in [0, 0.1) is 0 Å². The number of hydrogen-bond acceptors (Lipinski definition) is 3. The summed E-state index contributed by atoms with van der Waals surface area (Å²) in [4.78, 5) is 4.68. The van der Waals surface area contributed by atoms with Gasteiger partial charge in [0.2, 0.25) is 0 Å². The van der Waals surface area contributed by atoms with E-state index in [-0.39, 0.29) is 0 Å². The van der Waals surface area contributed by atoms with Gasteiger partial charge in [-0.15, -0.1) is 10.2 Å². The van der Waals surface area contributed by atoms with Crippen molar-refractivity contribution in [3.63, 3.8) is 0 Å². The molecule has 3 rings (SSSR count). The van der Waals surface area contributed by atoms with Crippen LogP contribution in [0.2, 0.25) is 5.02 Å². The molecule has 0 bridgehead atoms. The maximum atomic E-state index is 6.09. The number of aryl methyl sites for hydroxylation is 1. The van der Waals surface area contributed by atoms with Gasteiger partial charge in [0.1, 0.15) is 12.2 Å². The maximum Gasteiger partial charge on any atom is 0.191 e. The molecule has 0 aliphatic heterocycles. The van der Waals surface area contributed by atoms with Gasteiger partial charge < -0.3 is 15.2 Å². The Hall–Kier alpha value is -2.08. The van der Waals surface area contributed by atoms with Gasteiger partial charge in [-0.3, -0.25) is 4.99 Å². The Kier molecular flexibility index (Phi) is 5.91. The molecular weight excluding hydrogens is 336 g/mol. The standard InChI is InChI=1S/C18H25ClN6/c1-3-17-24-22-12-25(17)9-8-21-18(20-4-2)23-16-11-15(16)13-6-5-7-14(19)10-13/h5-7,10,12,15-16H,3-4,8-9,11H2,1-2H3,(H2,20,21,23). The smallest absolute Gasteiger partial charge is 0.191 e. The molecule has 2 atom stereocenters. The second-order valence-corrected chi connectivity index (χ2v) is 6.64. The third kappa shape index (κ3) is 4.72. The van der Waals surface area contributed by atoms with Crippen LogP contribution in [0.3, 0.4) is 0 Å². The van der Waals surface area contributed by atoms with Gasteiger partial charge in [-0.05, 0) is 31.0 Å². The Morgan fingerprint density at radius 3 is 3.04 bits per heavy atom. The van der Waals surface area contributed by atoms with Gasteiger partial charge in [0.25, 0.3) is 0 Å². The molecule has 1 fully saturated rings. The summed E-state index contributed by atoms with van der Waals surface area (Å²) in [6, 6.07) is 8.53. The minimum absolute atomic E-state index is 0.414. The Morgan fingerprint density at radius 2 is 2.28 bits per heavy atom. The van der Waals surface area contributed by atoms with E-state index in [9.17, 15) is 0 Å². The average Bonchev–Trinajstić information content (AvgIpc) is 3.22. The first-order valence-corrected chi connectivity index (χ1v) is 9.26. The molecule has 1 heterocycles. The Labute approximate surface area is 153 Å². The van der Waals surface area contributed by atoms with E-state index in [4.69, 9.17) is 11.6 Å². The number of aliphatic imine (C=N–C) groups is 1. The molecule has 1 aliphatic carbocycles. The average molecular weight is 361 g/mol. The topological polar surface area (TPSA) is 67.1 Å². The van der Waals surface area contributed by atoms with Crippen molar-refractivity contribution in [3.05, 3.63) is 47.0 Å². The highest BCUT2D eigenvalue weighted by Gasteiger charge is 2.39. The Bertz CT molecular complexity index is 726. The largest absolute Gasteiger partial charge is 0.357 e. The summed E-state index contributed by atoms with van der Waals surface area (Å²) in [5.41, 5.74) is 1.29. The molecule has 6 nitrogen and oxygen atoms in total. The van der Waals surface area contributed by atoms with Gasteiger partial charge in [0.15, 0.2) is 5.96 Å². The third-order valence-corrected chi connectivity index (χ3v) is 4.59. The fourth-order valence-corrected chi connectivity index (χ4v) is 3.16. The summed E-state index contributed by atoms with van der Waals surface area (Å²) >= 11 is 6.09. The first-order valence-electron chi connectivity index (χ1n) is 8.88. The minimum Gasteiger partial charge on any atom is -0.357 e. The lowest BCUT2D eigenvalue weighted by molar-refractivity contribution is 0.660. The summed E-state index contributed by atoms with van der Waals surface area (Å²) < 4.78 is 2.05. The van der Waals surface area contributed by atoms with Gasteiger partial charge in [-0.1, -0.05) is 30.7 Å². The lowest BCUT2D eigenvalue weighted by Gasteiger charge is -2.12. The Morgan fingerprint density at radius 1 is 1.40 bits per heavy atom. The van der Waals surface area contributed by atoms with Crippen molar-refractivity contribution in [3.8, 4) is 0 Å². The Balaban J connectivity index is 1.55. The number of nitrogens with one attached hydrogen (secondary N) is 2. The summed E-state index contributed by atoms with van der Waals surface area (Å²) in [5, 5.41) is 15.7. The van der Waals surface area contributed by atoms with E-state index >= 15 is 0 Å². The molecule has 1 saturated carbocycles. The molecule has 1 aromatic carbocycles. The van der Waals surface area contributed by atoms with Crippen LogP contribution in [-0.4, -0.2) is 39.9 Å². The van der Waals surface area contributed by atoms with Crippen LogP contribution in [0.1, 0.15) is 37.6 Å². The van der Waals surface area contributed by atoms with Crippen LogP contribution in [0.15, 0.2) is 35.6 Å². The highest BCUT2D eigenvalue weighted by molar-refractivity contribution is 6.30. The van der Waals surface area contributed by atoms with Crippen LogP contribution in [0.4, 0.5) is 0 Å². The molecule has 25 heavy (non-hydrogen) atoms. The second-order valence-electron chi connectivity index (χ2n) is 6.20. The zero-order valence-corrected chi connectivity index (χ0v) is 15.5. The van der Waals surface area contributed by atoms with E-state index in [1.54, 1.807) is 6.33 Å². The van der Waals surface area contributed by atoms with Crippen LogP contribution < -0.4 is 10.6 Å². The molecule has 2 aromatic rings. The van der Waals surface area contributed by atoms with Gasteiger partial charge >= 0.3 is 0 Å². The van der Waals surface area contributed by atoms with Crippen molar-refractivity contribution in [2.45, 2.75) is 45.2 Å². The first kappa shape index (κ1) is 17.7. The molecule has 0 radical (unpaired) electrons. The van der Waals surface area contributed by atoms with E-state index in [0.717, 1.165) is 42.7 Å². The maximum absolute atomic E-state index is 6.09. The second kappa shape index (κ2) is 8.34. The third-order valence-electron chi connectivity index (χ3n) is 4.36. The lowest BCUT2D eigenvalue weighted by atomic mass is 10.1. The van der Waals surface area contributed by atoms with E-state index in [0.29, 0.717) is 18.5 Å². The van der Waals surface area contributed by atoms with Crippen molar-refractivity contribution in [2.24, 2.45) is 4.99 Å². The number of aromatic nitrogens is 3. The number of rotatable bonds is 7. The lowest BCUT2D eigenvalue weighted by Crippen LogP contribution is -2.39. The monoisotopic (exact) mass is 360 g/mol. The molecule has 0 amide bonds. The van der Waals surface area contributed by atoms with Gasteiger partial charge in [0.05, 0.1) is 6.54 Å². The molecule has 1 aromatic heterocycles. The van der Waals surface area contributed by atoms with E-state index in [1.807, 2.05) is 12.1 Å². The van der Waals surface area contributed by atoms with Crippen molar-refractivity contribution in [1.82, 2.24) is 25.4 Å². The highest BCUT2D eigenvalue weighted by Crippen LogP contribution is 2.41. The van der Waals surface area contributed by atoms with Crippen molar-refractivity contribution >= 4 is 17.6 Å². The molecule has 2 unspecified atom stereocenters. The number of benzene rings is 1. The van der Waals surface area contributed by atoms with Crippen LogP contribution in [0.5, 0.6) is 0 Å². The fourth-order valence-electron chi connectivity index (χ4n) is 2.96. The van der Waals surface area contributed by atoms with Crippen molar-refractivity contribution < 1.29 is 0 Å². The zero-order chi connectivity index (χ0) is 17.6.